The largest absolute Gasteiger partial charge is 0.392 e. The van der Waals surface area contributed by atoms with Crippen LogP contribution in [0.5, 0.6) is 0 Å². The van der Waals surface area contributed by atoms with E-state index in [9.17, 15) is 0 Å². The molecule has 0 atom stereocenters. The van der Waals surface area contributed by atoms with Crippen molar-refractivity contribution in [3.8, 4) is 0 Å². The lowest BCUT2D eigenvalue weighted by Gasteiger charge is -2.08. The highest BCUT2D eigenvalue weighted by Crippen LogP contribution is 2.21. The summed E-state index contributed by atoms with van der Waals surface area (Å²) in [6.45, 7) is 4.56. The quantitative estimate of drug-likeness (QED) is 0.771. The Hall–Kier alpha value is -0.470. The fourth-order valence-electron chi connectivity index (χ4n) is 1.53. The molecular weight excluding hydrogens is 192 g/mol. The average Bonchev–Trinajstić information content (AvgIpc) is 2.16. The molecule has 0 fully saturated rings. The minimum absolute atomic E-state index is 0.138. The smallest absolute Gasteiger partial charge is 0.0682 e. The van der Waals surface area contributed by atoms with Gasteiger partial charge in [0.25, 0.3) is 0 Å². The van der Waals surface area contributed by atoms with E-state index in [1.54, 1.807) is 11.8 Å². The van der Waals surface area contributed by atoms with Gasteiger partial charge in [0.2, 0.25) is 0 Å². The van der Waals surface area contributed by atoms with E-state index in [0.29, 0.717) is 5.92 Å². The Bertz CT molecular complexity index is 272. The Morgan fingerprint density at radius 2 is 1.86 bits per heavy atom. The number of aliphatic hydroxyl groups is 1. The van der Waals surface area contributed by atoms with Crippen molar-refractivity contribution in [2.75, 3.05) is 6.26 Å². The standard InChI is InChI=1S/C12H18OS/c1-9(2)4-10-5-11(8-13)7-12(6-10)14-3/h5-7,9,13H,4,8H2,1-3H3. The Balaban J connectivity index is 2.92. The van der Waals surface area contributed by atoms with Crippen LogP contribution < -0.4 is 0 Å². The highest BCUT2D eigenvalue weighted by atomic mass is 32.2. The molecule has 0 amide bonds. The van der Waals surface area contributed by atoms with Crippen LogP contribution in [-0.2, 0) is 13.0 Å². The van der Waals surface area contributed by atoms with Gasteiger partial charge in [-0.2, -0.15) is 0 Å². The van der Waals surface area contributed by atoms with Crippen LogP contribution in [0.15, 0.2) is 23.1 Å². The van der Waals surface area contributed by atoms with Gasteiger partial charge in [0.05, 0.1) is 6.61 Å². The Morgan fingerprint density at radius 3 is 2.36 bits per heavy atom. The number of rotatable bonds is 4. The summed E-state index contributed by atoms with van der Waals surface area (Å²) < 4.78 is 0. The van der Waals surface area contributed by atoms with E-state index in [1.165, 1.54) is 10.5 Å². The van der Waals surface area contributed by atoms with E-state index < -0.39 is 0 Å². The minimum Gasteiger partial charge on any atom is -0.392 e. The van der Waals surface area contributed by atoms with Gasteiger partial charge in [0.15, 0.2) is 0 Å². The van der Waals surface area contributed by atoms with Crippen LogP contribution in [-0.4, -0.2) is 11.4 Å². The van der Waals surface area contributed by atoms with E-state index in [-0.39, 0.29) is 6.61 Å². The predicted molar refractivity (Wildman–Crippen MR) is 62.7 cm³/mol. The zero-order valence-corrected chi connectivity index (χ0v) is 9.90. The lowest BCUT2D eigenvalue weighted by Crippen LogP contribution is -1.96. The van der Waals surface area contributed by atoms with Gasteiger partial charge < -0.3 is 5.11 Å². The molecule has 0 aliphatic heterocycles. The van der Waals surface area contributed by atoms with Gasteiger partial charge in [0, 0.05) is 4.90 Å². The third-order valence-electron chi connectivity index (χ3n) is 2.09. The van der Waals surface area contributed by atoms with Gasteiger partial charge in [-0.1, -0.05) is 19.9 Å². The summed E-state index contributed by atoms with van der Waals surface area (Å²) in [5, 5.41) is 9.11. The second kappa shape index (κ2) is 5.42. The van der Waals surface area contributed by atoms with E-state index in [1.807, 2.05) is 0 Å². The van der Waals surface area contributed by atoms with Gasteiger partial charge in [-0.3, -0.25) is 0 Å². The van der Waals surface area contributed by atoms with Crippen LogP contribution in [0.1, 0.15) is 25.0 Å². The molecule has 1 rings (SSSR count). The molecule has 0 bridgehead atoms. The number of thioether (sulfide) groups is 1. The van der Waals surface area contributed by atoms with Crippen molar-refractivity contribution in [2.45, 2.75) is 31.8 Å². The molecule has 1 N–H and O–H groups in total. The maximum atomic E-state index is 9.11. The third kappa shape index (κ3) is 3.35. The molecule has 2 heteroatoms. The summed E-state index contributed by atoms with van der Waals surface area (Å²) in [6, 6.07) is 6.36. The zero-order valence-electron chi connectivity index (χ0n) is 9.08. The molecule has 14 heavy (non-hydrogen) atoms. The summed E-state index contributed by atoms with van der Waals surface area (Å²) in [6.07, 6.45) is 3.15. The first-order valence-electron chi connectivity index (χ1n) is 4.93. The number of benzene rings is 1. The summed E-state index contributed by atoms with van der Waals surface area (Å²) in [4.78, 5) is 1.24. The van der Waals surface area contributed by atoms with Crippen LogP contribution >= 0.6 is 11.8 Å². The number of hydrogen-bond acceptors (Lipinski definition) is 2. The maximum absolute atomic E-state index is 9.11. The molecule has 1 aromatic carbocycles. The normalized spacial score (nSPS) is 10.9. The topological polar surface area (TPSA) is 20.2 Å². The van der Waals surface area contributed by atoms with Crippen molar-refractivity contribution in [1.82, 2.24) is 0 Å². The molecule has 0 aromatic heterocycles. The predicted octanol–water partition coefficient (Wildman–Crippen LogP) is 3.10. The van der Waals surface area contributed by atoms with Crippen LogP contribution in [0.25, 0.3) is 0 Å². The van der Waals surface area contributed by atoms with Gasteiger partial charge in [-0.25, -0.2) is 0 Å². The van der Waals surface area contributed by atoms with Gasteiger partial charge in [-0.15, -0.1) is 11.8 Å². The monoisotopic (exact) mass is 210 g/mol. The molecule has 0 radical (unpaired) electrons. The van der Waals surface area contributed by atoms with Crippen molar-refractivity contribution in [3.63, 3.8) is 0 Å². The molecule has 1 aromatic rings. The Labute approximate surface area is 90.5 Å². The Kier molecular flexibility index (Phi) is 4.49. The van der Waals surface area contributed by atoms with Crippen molar-refractivity contribution in [3.05, 3.63) is 29.3 Å². The first-order chi connectivity index (χ1) is 6.65. The Morgan fingerprint density at radius 1 is 1.21 bits per heavy atom. The molecular formula is C12H18OS. The molecule has 1 nitrogen and oxygen atoms in total. The molecule has 78 valence electrons. The fraction of sp³-hybridized carbons (Fsp3) is 0.500. The third-order valence-corrected chi connectivity index (χ3v) is 2.80. The molecule has 0 heterocycles. The van der Waals surface area contributed by atoms with Gasteiger partial charge in [0.1, 0.15) is 0 Å². The van der Waals surface area contributed by atoms with Crippen molar-refractivity contribution < 1.29 is 5.11 Å². The second-order valence-corrected chi connectivity index (χ2v) is 4.83. The molecule has 0 aliphatic carbocycles. The lowest BCUT2D eigenvalue weighted by atomic mass is 10.0. The molecule has 0 aliphatic rings. The van der Waals surface area contributed by atoms with Crippen LogP contribution in [0.4, 0.5) is 0 Å². The molecule has 0 spiro atoms. The number of aliphatic hydroxyl groups excluding tert-OH is 1. The van der Waals surface area contributed by atoms with E-state index in [0.717, 1.165) is 12.0 Å². The van der Waals surface area contributed by atoms with Crippen molar-refractivity contribution >= 4 is 11.8 Å². The SMILES string of the molecule is CSc1cc(CO)cc(CC(C)C)c1. The maximum Gasteiger partial charge on any atom is 0.0682 e. The fourth-order valence-corrected chi connectivity index (χ4v) is 2.07. The van der Waals surface area contributed by atoms with Crippen LogP contribution in [0.2, 0.25) is 0 Å². The summed E-state index contributed by atoms with van der Waals surface area (Å²) in [5.74, 6) is 0.665. The van der Waals surface area contributed by atoms with Gasteiger partial charge >= 0.3 is 0 Å². The minimum atomic E-state index is 0.138. The van der Waals surface area contributed by atoms with Crippen LogP contribution in [0, 0.1) is 5.92 Å². The average molecular weight is 210 g/mol. The molecule has 0 unspecified atom stereocenters. The first kappa shape index (κ1) is 11.6. The van der Waals surface area contributed by atoms with Gasteiger partial charge in [-0.05, 0) is 41.9 Å². The van der Waals surface area contributed by atoms with Crippen molar-refractivity contribution in [1.29, 1.82) is 0 Å². The molecule has 0 saturated carbocycles. The van der Waals surface area contributed by atoms with E-state index >= 15 is 0 Å². The van der Waals surface area contributed by atoms with Crippen LogP contribution in [0.3, 0.4) is 0 Å². The zero-order chi connectivity index (χ0) is 10.6. The summed E-state index contributed by atoms with van der Waals surface area (Å²) in [7, 11) is 0. The lowest BCUT2D eigenvalue weighted by molar-refractivity contribution is 0.281. The number of hydrogen-bond donors (Lipinski definition) is 1. The summed E-state index contributed by atoms with van der Waals surface area (Å²) in [5.41, 5.74) is 2.35. The highest BCUT2D eigenvalue weighted by Gasteiger charge is 2.02. The first-order valence-corrected chi connectivity index (χ1v) is 6.16. The van der Waals surface area contributed by atoms with E-state index in [2.05, 4.69) is 38.3 Å². The highest BCUT2D eigenvalue weighted by molar-refractivity contribution is 7.98. The molecule has 0 saturated heterocycles. The summed E-state index contributed by atoms with van der Waals surface area (Å²) >= 11 is 1.73. The van der Waals surface area contributed by atoms with E-state index in [4.69, 9.17) is 5.11 Å². The van der Waals surface area contributed by atoms with Crippen molar-refractivity contribution in [2.24, 2.45) is 5.92 Å². The second-order valence-electron chi connectivity index (χ2n) is 3.95.